The second-order valence-corrected chi connectivity index (χ2v) is 7.37. The zero-order chi connectivity index (χ0) is 20.9. The lowest BCUT2D eigenvalue weighted by molar-refractivity contribution is 0.205. The van der Waals surface area contributed by atoms with Gasteiger partial charge in [0.2, 0.25) is 0 Å². The lowest BCUT2D eigenvalue weighted by Crippen LogP contribution is -2.34. The summed E-state index contributed by atoms with van der Waals surface area (Å²) in [4.78, 5) is 23.1. The molecule has 2 heterocycles. The summed E-state index contributed by atoms with van der Waals surface area (Å²) in [7, 11) is 0. The fourth-order valence-electron chi connectivity index (χ4n) is 3.83. The zero-order valence-electron chi connectivity index (χ0n) is 17.1. The number of anilines is 1. The lowest BCUT2D eigenvalue weighted by atomic mass is 10.1. The summed E-state index contributed by atoms with van der Waals surface area (Å²) in [5, 5.41) is 2.99. The molecule has 2 aromatic carbocycles. The molecule has 1 aliphatic heterocycles. The van der Waals surface area contributed by atoms with Crippen LogP contribution < -0.4 is 10.1 Å². The minimum atomic E-state index is -0.131. The molecular formula is C24H26N4O2. The van der Waals surface area contributed by atoms with Gasteiger partial charge < -0.3 is 19.9 Å². The number of ether oxygens (including phenoxy) is 1. The van der Waals surface area contributed by atoms with E-state index in [-0.39, 0.29) is 12.1 Å². The number of aromatic nitrogens is 2. The maximum Gasteiger partial charge on any atom is 0.322 e. The fourth-order valence-corrected chi connectivity index (χ4v) is 3.83. The Hall–Kier alpha value is -3.54. The normalized spacial score (nSPS) is 15.8. The number of nitrogens with one attached hydrogen (secondary N) is 2. The molecule has 2 N–H and O–H groups in total. The molecule has 0 bridgehead atoms. The number of urea groups is 1. The number of hydrogen-bond donors (Lipinski definition) is 2. The summed E-state index contributed by atoms with van der Waals surface area (Å²) < 4.78 is 5.55. The van der Waals surface area contributed by atoms with E-state index in [2.05, 4.69) is 16.9 Å². The zero-order valence-corrected chi connectivity index (χ0v) is 17.1. The molecule has 1 aliphatic rings. The van der Waals surface area contributed by atoms with E-state index in [1.165, 1.54) is 0 Å². The molecule has 1 unspecified atom stereocenters. The van der Waals surface area contributed by atoms with Crippen LogP contribution in [0.15, 0.2) is 67.3 Å². The van der Waals surface area contributed by atoms with E-state index in [0.29, 0.717) is 24.6 Å². The van der Waals surface area contributed by atoms with Crippen molar-refractivity contribution in [3.05, 3.63) is 78.8 Å². The maximum absolute atomic E-state index is 13.0. The predicted molar refractivity (Wildman–Crippen MR) is 119 cm³/mol. The second kappa shape index (κ2) is 8.86. The third kappa shape index (κ3) is 4.22. The molecule has 0 radical (unpaired) electrons. The van der Waals surface area contributed by atoms with Crippen LogP contribution in [-0.2, 0) is 0 Å². The van der Waals surface area contributed by atoms with E-state index < -0.39 is 0 Å². The molecule has 3 aromatic rings. The molecule has 4 rings (SSSR count). The molecule has 0 aliphatic carbocycles. The highest BCUT2D eigenvalue weighted by Gasteiger charge is 2.32. The van der Waals surface area contributed by atoms with Crippen LogP contribution in [-0.4, -0.2) is 34.1 Å². The van der Waals surface area contributed by atoms with Gasteiger partial charge in [0.25, 0.3) is 0 Å². The van der Waals surface area contributed by atoms with Crippen molar-refractivity contribution in [1.29, 1.82) is 0 Å². The van der Waals surface area contributed by atoms with Gasteiger partial charge in [-0.25, -0.2) is 9.78 Å². The first-order chi connectivity index (χ1) is 14.7. The van der Waals surface area contributed by atoms with Crippen LogP contribution in [0.5, 0.6) is 5.75 Å². The molecule has 6 heteroatoms. The van der Waals surface area contributed by atoms with Gasteiger partial charge in [0.1, 0.15) is 18.2 Å². The minimum Gasteiger partial charge on any atom is -0.489 e. The molecule has 6 nitrogen and oxygen atoms in total. The van der Waals surface area contributed by atoms with Crippen LogP contribution in [0, 0.1) is 6.92 Å². The number of imidazole rings is 1. The van der Waals surface area contributed by atoms with E-state index in [1.807, 2.05) is 66.4 Å². The predicted octanol–water partition coefficient (Wildman–Crippen LogP) is 5.32. The highest BCUT2D eigenvalue weighted by Crippen LogP contribution is 2.33. The Balaban J connectivity index is 1.50. The van der Waals surface area contributed by atoms with Gasteiger partial charge in [0, 0.05) is 29.6 Å². The number of carbonyl (C=O) groups is 1. The quantitative estimate of drug-likeness (QED) is 0.548. The first-order valence-corrected chi connectivity index (χ1v) is 10.2. The highest BCUT2D eigenvalue weighted by molar-refractivity contribution is 5.90. The van der Waals surface area contributed by atoms with Crippen LogP contribution in [0.1, 0.15) is 30.4 Å². The summed E-state index contributed by atoms with van der Waals surface area (Å²) in [6, 6.07) is 17.3. The van der Waals surface area contributed by atoms with Crippen LogP contribution >= 0.6 is 0 Å². The van der Waals surface area contributed by atoms with Crippen molar-refractivity contribution in [2.75, 3.05) is 18.5 Å². The molecular weight excluding hydrogens is 376 g/mol. The first kappa shape index (κ1) is 19.8. The van der Waals surface area contributed by atoms with Crippen LogP contribution in [0.2, 0.25) is 0 Å². The van der Waals surface area contributed by atoms with Gasteiger partial charge in [-0.3, -0.25) is 0 Å². The third-order valence-electron chi connectivity index (χ3n) is 5.23. The van der Waals surface area contributed by atoms with E-state index in [4.69, 9.17) is 9.72 Å². The number of aryl methyl sites for hydroxylation is 1. The molecule has 1 aromatic heterocycles. The van der Waals surface area contributed by atoms with Gasteiger partial charge in [-0.05, 0) is 31.9 Å². The Morgan fingerprint density at radius 1 is 1.30 bits per heavy atom. The Labute approximate surface area is 176 Å². The number of amides is 2. The molecule has 30 heavy (non-hydrogen) atoms. The van der Waals surface area contributed by atoms with Gasteiger partial charge in [-0.1, -0.05) is 49.1 Å². The monoisotopic (exact) mass is 402 g/mol. The van der Waals surface area contributed by atoms with Gasteiger partial charge in [0.05, 0.1) is 11.7 Å². The number of H-pyrrole nitrogens is 1. The Morgan fingerprint density at radius 2 is 2.13 bits per heavy atom. The number of nitrogens with zero attached hydrogens (tertiary/aromatic N) is 2. The summed E-state index contributed by atoms with van der Waals surface area (Å²) in [5.74, 6) is 1.53. The van der Waals surface area contributed by atoms with Crippen molar-refractivity contribution in [2.45, 2.75) is 25.8 Å². The lowest BCUT2D eigenvalue weighted by Gasteiger charge is -2.23. The van der Waals surface area contributed by atoms with E-state index in [9.17, 15) is 4.79 Å². The maximum atomic E-state index is 13.0. The standard InChI is InChI=1S/C24H26N4O2/c1-3-15-30-20-12-7-11-19(16-20)26-24(29)28-14-8-13-21(28)23-25-17(2)22(27-23)18-9-5-4-6-10-18/h3-7,9-12,16,21H,1,8,13-15H2,2H3,(H,25,27)(H,26,29). The molecule has 1 saturated heterocycles. The van der Waals surface area contributed by atoms with Crippen molar-refractivity contribution >= 4 is 11.7 Å². The van der Waals surface area contributed by atoms with Crippen molar-refractivity contribution in [3.63, 3.8) is 0 Å². The summed E-state index contributed by atoms with van der Waals surface area (Å²) in [5.41, 5.74) is 3.72. The van der Waals surface area contributed by atoms with Crippen molar-refractivity contribution in [1.82, 2.24) is 14.9 Å². The average molecular weight is 402 g/mol. The SMILES string of the molecule is C=CCOc1cccc(NC(=O)N2CCCC2c2nc(-c3ccccc3)c(C)[nH]2)c1. The van der Waals surface area contributed by atoms with Gasteiger partial charge >= 0.3 is 6.03 Å². The van der Waals surface area contributed by atoms with Crippen molar-refractivity contribution < 1.29 is 9.53 Å². The van der Waals surface area contributed by atoms with Gasteiger partial charge in [-0.2, -0.15) is 0 Å². The Kier molecular flexibility index (Phi) is 5.84. The Bertz CT molecular complexity index is 1030. The number of aromatic amines is 1. The fraction of sp³-hybridized carbons (Fsp3) is 0.250. The van der Waals surface area contributed by atoms with Crippen LogP contribution in [0.25, 0.3) is 11.3 Å². The largest absolute Gasteiger partial charge is 0.489 e. The van der Waals surface area contributed by atoms with E-state index >= 15 is 0 Å². The molecule has 0 spiro atoms. The van der Waals surface area contributed by atoms with Crippen molar-refractivity contribution in [2.24, 2.45) is 0 Å². The van der Waals surface area contributed by atoms with Crippen molar-refractivity contribution in [3.8, 4) is 17.0 Å². The third-order valence-corrected chi connectivity index (χ3v) is 5.23. The van der Waals surface area contributed by atoms with E-state index in [0.717, 1.165) is 35.6 Å². The molecule has 0 saturated carbocycles. The number of likely N-dealkylation sites (tertiary alicyclic amines) is 1. The summed E-state index contributed by atoms with van der Waals surface area (Å²) >= 11 is 0. The van der Waals surface area contributed by atoms with Gasteiger partial charge in [0.15, 0.2) is 0 Å². The average Bonchev–Trinajstić information content (AvgIpc) is 3.40. The number of benzene rings is 2. The topological polar surface area (TPSA) is 70.2 Å². The van der Waals surface area contributed by atoms with Crippen LogP contribution in [0.3, 0.4) is 0 Å². The molecule has 2 amide bonds. The minimum absolute atomic E-state index is 0.0682. The number of rotatable bonds is 6. The number of hydrogen-bond acceptors (Lipinski definition) is 3. The van der Waals surface area contributed by atoms with Gasteiger partial charge in [-0.15, -0.1) is 0 Å². The summed E-state index contributed by atoms with van der Waals surface area (Å²) in [6.07, 6.45) is 3.52. The Morgan fingerprint density at radius 3 is 2.93 bits per heavy atom. The smallest absolute Gasteiger partial charge is 0.322 e. The van der Waals surface area contributed by atoms with E-state index in [1.54, 1.807) is 6.08 Å². The molecule has 154 valence electrons. The first-order valence-electron chi connectivity index (χ1n) is 10.2. The molecule has 1 atom stereocenters. The molecule has 1 fully saturated rings. The van der Waals surface area contributed by atoms with Crippen LogP contribution in [0.4, 0.5) is 10.5 Å². The summed E-state index contributed by atoms with van der Waals surface area (Å²) in [6.45, 7) is 6.80. The number of carbonyl (C=O) groups excluding carboxylic acids is 1. The highest BCUT2D eigenvalue weighted by atomic mass is 16.5. The second-order valence-electron chi connectivity index (χ2n) is 7.37.